The molecule has 2 aliphatic rings. The second-order valence-electron chi connectivity index (χ2n) is 5.96. The maximum atomic E-state index is 12.4. The van der Waals surface area contributed by atoms with Crippen molar-refractivity contribution >= 4 is 5.91 Å². The number of hydrogen-bond donors (Lipinski definition) is 1. The molecule has 8 heteroatoms. The van der Waals surface area contributed by atoms with Gasteiger partial charge in [0.1, 0.15) is 12.7 Å². The minimum absolute atomic E-state index is 0.0137. The Morgan fingerprint density at radius 3 is 3.17 bits per heavy atom. The van der Waals surface area contributed by atoms with E-state index in [1.807, 2.05) is 13.2 Å². The Bertz CT molecular complexity index is 701. The summed E-state index contributed by atoms with van der Waals surface area (Å²) in [4.78, 5) is 12.4. The van der Waals surface area contributed by atoms with E-state index in [-0.39, 0.29) is 18.1 Å². The first-order valence-corrected chi connectivity index (χ1v) is 7.86. The van der Waals surface area contributed by atoms with Crippen molar-refractivity contribution in [2.45, 2.75) is 38.0 Å². The summed E-state index contributed by atoms with van der Waals surface area (Å²) >= 11 is 0. The van der Waals surface area contributed by atoms with E-state index in [1.54, 1.807) is 21.6 Å². The number of ether oxygens (including phenoxy) is 2. The number of aryl methyl sites for hydroxylation is 1. The molecule has 2 aromatic rings. The smallest absolute Gasteiger partial charge is 0.272 e. The number of aromatic nitrogens is 4. The van der Waals surface area contributed by atoms with Crippen LogP contribution in [-0.4, -0.2) is 44.2 Å². The molecule has 4 rings (SSSR count). The fourth-order valence-electron chi connectivity index (χ4n) is 3.13. The van der Waals surface area contributed by atoms with Crippen LogP contribution in [0.5, 0.6) is 11.6 Å². The number of fused-ring (bicyclic) bond motifs is 1. The van der Waals surface area contributed by atoms with Crippen molar-refractivity contribution in [3.05, 3.63) is 24.2 Å². The minimum Gasteiger partial charge on any atom is -0.485 e. The van der Waals surface area contributed by atoms with Gasteiger partial charge in [0.25, 0.3) is 5.91 Å². The number of nitrogens with zero attached hydrogens (tertiary/aromatic N) is 4. The van der Waals surface area contributed by atoms with Gasteiger partial charge in [0, 0.05) is 13.1 Å². The maximum absolute atomic E-state index is 12.4. The summed E-state index contributed by atoms with van der Waals surface area (Å²) in [5.74, 6) is 1.21. The molecule has 1 saturated carbocycles. The van der Waals surface area contributed by atoms with E-state index in [0.29, 0.717) is 24.7 Å². The predicted molar refractivity (Wildman–Crippen MR) is 80.5 cm³/mol. The molecule has 2 aromatic heterocycles. The van der Waals surface area contributed by atoms with E-state index >= 15 is 0 Å². The Morgan fingerprint density at radius 1 is 1.48 bits per heavy atom. The molecule has 1 aliphatic carbocycles. The molecule has 122 valence electrons. The van der Waals surface area contributed by atoms with Crippen LogP contribution in [0.25, 0.3) is 0 Å². The van der Waals surface area contributed by atoms with Crippen molar-refractivity contribution < 1.29 is 14.3 Å². The number of carbonyl (C=O) groups excluding carboxylic acids is 1. The van der Waals surface area contributed by atoms with Crippen molar-refractivity contribution in [2.75, 3.05) is 6.61 Å². The van der Waals surface area contributed by atoms with Crippen molar-refractivity contribution in [1.29, 1.82) is 0 Å². The number of amides is 1. The number of nitrogens with one attached hydrogen (secondary N) is 1. The van der Waals surface area contributed by atoms with E-state index in [4.69, 9.17) is 9.47 Å². The van der Waals surface area contributed by atoms with E-state index in [2.05, 4.69) is 15.5 Å². The first-order valence-electron chi connectivity index (χ1n) is 7.86. The average Bonchev–Trinajstić information content (AvgIpc) is 3.24. The summed E-state index contributed by atoms with van der Waals surface area (Å²) in [6, 6.07) is 1.68. The first-order chi connectivity index (χ1) is 11.2. The molecule has 0 aromatic carbocycles. The number of hydrogen-bond acceptors (Lipinski definition) is 5. The quantitative estimate of drug-likeness (QED) is 0.899. The van der Waals surface area contributed by atoms with Gasteiger partial charge in [0.15, 0.2) is 11.4 Å². The Labute approximate surface area is 133 Å². The van der Waals surface area contributed by atoms with Gasteiger partial charge in [-0.1, -0.05) is 0 Å². The van der Waals surface area contributed by atoms with Gasteiger partial charge >= 0.3 is 0 Å². The van der Waals surface area contributed by atoms with E-state index < -0.39 is 0 Å². The SMILES string of the molecule is Cn1cc(O[C@@H]2CCC[C@@H]2NC(=O)c2cc3n(n2)CCO3)cn1. The van der Waals surface area contributed by atoms with Crippen LogP contribution in [0.1, 0.15) is 29.8 Å². The lowest BCUT2D eigenvalue weighted by Crippen LogP contribution is -2.42. The highest BCUT2D eigenvalue weighted by Gasteiger charge is 2.32. The van der Waals surface area contributed by atoms with Crippen LogP contribution < -0.4 is 14.8 Å². The first kappa shape index (κ1) is 14.1. The van der Waals surface area contributed by atoms with E-state index in [1.165, 1.54) is 0 Å². The van der Waals surface area contributed by atoms with Gasteiger partial charge in [-0.15, -0.1) is 0 Å². The maximum Gasteiger partial charge on any atom is 0.272 e. The van der Waals surface area contributed by atoms with Crippen LogP contribution >= 0.6 is 0 Å². The molecule has 0 saturated heterocycles. The van der Waals surface area contributed by atoms with Gasteiger partial charge in [0.2, 0.25) is 5.88 Å². The van der Waals surface area contributed by atoms with Crippen LogP contribution in [0.3, 0.4) is 0 Å². The topological polar surface area (TPSA) is 83.2 Å². The molecule has 1 fully saturated rings. The molecule has 0 radical (unpaired) electrons. The van der Waals surface area contributed by atoms with Crippen molar-refractivity contribution in [3.63, 3.8) is 0 Å². The third-order valence-electron chi connectivity index (χ3n) is 4.27. The van der Waals surface area contributed by atoms with Gasteiger partial charge in [0.05, 0.1) is 25.0 Å². The number of carbonyl (C=O) groups is 1. The summed E-state index contributed by atoms with van der Waals surface area (Å²) < 4.78 is 14.8. The monoisotopic (exact) mass is 317 g/mol. The normalized spacial score (nSPS) is 22.7. The average molecular weight is 317 g/mol. The van der Waals surface area contributed by atoms with Gasteiger partial charge in [-0.2, -0.15) is 10.2 Å². The fourth-order valence-corrected chi connectivity index (χ4v) is 3.13. The summed E-state index contributed by atoms with van der Waals surface area (Å²) in [5.41, 5.74) is 0.395. The van der Waals surface area contributed by atoms with Crippen molar-refractivity contribution in [2.24, 2.45) is 7.05 Å². The molecule has 2 atom stereocenters. The van der Waals surface area contributed by atoms with Gasteiger partial charge in [-0.3, -0.25) is 9.48 Å². The Morgan fingerprint density at radius 2 is 2.39 bits per heavy atom. The molecule has 1 aliphatic heterocycles. The molecule has 3 heterocycles. The largest absolute Gasteiger partial charge is 0.485 e. The summed E-state index contributed by atoms with van der Waals surface area (Å²) in [6.07, 6.45) is 6.33. The van der Waals surface area contributed by atoms with Gasteiger partial charge in [-0.05, 0) is 19.3 Å². The highest BCUT2D eigenvalue weighted by atomic mass is 16.5. The zero-order valence-electron chi connectivity index (χ0n) is 12.9. The summed E-state index contributed by atoms with van der Waals surface area (Å²) in [5, 5.41) is 11.4. The fraction of sp³-hybridized carbons (Fsp3) is 0.533. The summed E-state index contributed by atoms with van der Waals surface area (Å²) in [7, 11) is 1.85. The summed E-state index contributed by atoms with van der Waals surface area (Å²) in [6.45, 7) is 1.31. The molecular weight excluding hydrogens is 298 g/mol. The lowest BCUT2D eigenvalue weighted by Gasteiger charge is -2.21. The van der Waals surface area contributed by atoms with Crippen molar-refractivity contribution in [1.82, 2.24) is 24.9 Å². The second-order valence-corrected chi connectivity index (χ2v) is 5.96. The van der Waals surface area contributed by atoms with Crippen LogP contribution in [-0.2, 0) is 13.6 Å². The standard InChI is InChI=1S/C15H19N5O3/c1-19-9-10(8-16-19)23-13-4-2-3-11(13)17-15(21)12-7-14-20(18-12)5-6-22-14/h7-9,11,13H,2-6H2,1H3,(H,17,21)/t11-,13+/m0/s1. The molecule has 1 amide bonds. The van der Waals surface area contributed by atoms with Crippen LogP contribution in [0.2, 0.25) is 0 Å². The lowest BCUT2D eigenvalue weighted by molar-refractivity contribution is 0.0888. The molecule has 0 bridgehead atoms. The highest BCUT2D eigenvalue weighted by Crippen LogP contribution is 2.25. The van der Waals surface area contributed by atoms with E-state index in [0.717, 1.165) is 25.0 Å². The highest BCUT2D eigenvalue weighted by molar-refractivity contribution is 5.92. The zero-order valence-corrected chi connectivity index (χ0v) is 12.9. The van der Waals surface area contributed by atoms with Gasteiger partial charge < -0.3 is 14.8 Å². The molecular formula is C15H19N5O3. The van der Waals surface area contributed by atoms with Crippen LogP contribution in [0, 0.1) is 0 Å². The molecule has 23 heavy (non-hydrogen) atoms. The second kappa shape index (κ2) is 5.60. The predicted octanol–water partition coefficient (Wildman–Crippen LogP) is 0.739. The molecule has 0 unspecified atom stereocenters. The minimum atomic E-state index is -0.179. The molecule has 1 N–H and O–H groups in total. The molecule has 8 nitrogen and oxygen atoms in total. The third-order valence-corrected chi connectivity index (χ3v) is 4.27. The zero-order chi connectivity index (χ0) is 15.8. The third kappa shape index (κ3) is 2.76. The van der Waals surface area contributed by atoms with Crippen LogP contribution in [0.4, 0.5) is 0 Å². The molecule has 0 spiro atoms. The van der Waals surface area contributed by atoms with Crippen molar-refractivity contribution in [3.8, 4) is 11.6 Å². The number of rotatable bonds is 4. The van der Waals surface area contributed by atoms with Gasteiger partial charge in [-0.25, -0.2) is 4.68 Å². The van der Waals surface area contributed by atoms with E-state index in [9.17, 15) is 4.79 Å². The lowest BCUT2D eigenvalue weighted by atomic mass is 10.2. The Kier molecular flexibility index (Phi) is 3.44. The van der Waals surface area contributed by atoms with Crippen LogP contribution in [0.15, 0.2) is 18.5 Å². The Balaban J connectivity index is 1.41. The Hall–Kier alpha value is -2.51.